The Bertz CT molecular complexity index is 197. The summed E-state index contributed by atoms with van der Waals surface area (Å²) in [6, 6.07) is 0. The summed E-state index contributed by atoms with van der Waals surface area (Å²) in [5, 5.41) is 12.3. The summed E-state index contributed by atoms with van der Waals surface area (Å²) in [7, 11) is 0. The van der Waals surface area contributed by atoms with Gasteiger partial charge in [0.2, 0.25) is 6.41 Å². The van der Waals surface area contributed by atoms with E-state index in [1.165, 1.54) is 5.57 Å². The summed E-state index contributed by atoms with van der Waals surface area (Å²) in [6.07, 6.45) is 5.39. The Morgan fingerprint density at radius 2 is 2.27 bits per heavy atom. The zero-order chi connectivity index (χ0) is 11.1. The normalized spacial score (nSPS) is 23.9. The molecule has 0 spiro atoms. The van der Waals surface area contributed by atoms with Crippen molar-refractivity contribution < 1.29 is 9.84 Å². The highest BCUT2D eigenvalue weighted by atomic mass is 16.6. The van der Waals surface area contributed by atoms with Gasteiger partial charge in [-0.3, -0.25) is 5.32 Å². The lowest BCUT2D eigenvalue weighted by Gasteiger charge is -2.25. The van der Waals surface area contributed by atoms with Crippen LogP contribution >= 0.6 is 0 Å². The van der Waals surface area contributed by atoms with Crippen LogP contribution in [0.2, 0.25) is 0 Å². The number of rotatable bonds is 5. The van der Waals surface area contributed by atoms with E-state index in [1.54, 1.807) is 6.20 Å². The number of hydrogen-bond donors (Lipinski definition) is 3. The van der Waals surface area contributed by atoms with Crippen molar-refractivity contribution in [3.05, 3.63) is 11.8 Å². The first-order valence-corrected chi connectivity index (χ1v) is 5.69. The van der Waals surface area contributed by atoms with Gasteiger partial charge in [0.05, 0.1) is 0 Å². The number of nitrogens with one attached hydrogen (secondary N) is 1. The van der Waals surface area contributed by atoms with Gasteiger partial charge in [-0.2, -0.15) is 0 Å². The molecule has 4 nitrogen and oxygen atoms in total. The van der Waals surface area contributed by atoms with Gasteiger partial charge in [-0.25, -0.2) is 0 Å². The minimum absolute atomic E-state index is 0.527. The third-order valence-corrected chi connectivity index (χ3v) is 2.89. The van der Waals surface area contributed by atoms with E-state index in [1.807, 2.05) is 6.92 Å². The summed E-state index contributed by atoms with van der Waals surface area (Å²) in [6.45, 7) is 3.21. The Morgan fingerprint density at radius 1 is 1.60 bits per heavy atom. The smallest absolute Gasteiger partial charge is 0.213 e. The Balaban J connectivity index is 2.13. The van der Waals surface area contributed by atoms with E-state index < -0.39 is 6.41 Å². The molecule has 4 heteroatoms. The molecular formula is C11H22N2O2. The summed E-state index contributed by atoms with van der Waals surface area (Å²) in [5.74, 6) is 0.629. The van der Waals surface area contributed by atoms with Crippen LogP contribution in [0.1, 0.15) is 32.6 Å². The summed E-state index contributed by atoms with van der Waals surface area (Å²) in [4.78, 5) is 0. The van der Waals surface area contributed by atoms with Gasteiger partial charge < -0.3 is 15.6 Å². The quantitative estimate of drug-likeness (QED) is 0.595. The molecule has 1 aliphatic carbocycles. The second kappa shape index (κ2) is 6.82. The highest BCUT2D eigenvalue weighted by Crippen LogP contribution is 2.26. The molecule has 1 saturated carbocycles. The molecule has 1 fully saturated rings. The van der Waals surface area contributed by atoms with Crippen molar-refractivity contribution >= 4 is 0 Å². The van der Waals surface area contributed by atoms with E-state index in [0.29, 0.717) is 12.5 Å². The average Bonchev–Trinajstić information content (AvgIpc) is 2.27. The maximum absolute atomic E-state index is 9.31. The van der Waals surface area contributed by atoms with Gasteiger partial charge in [0, 0.05) is 13.2 Å². The van der Waals surface area contributed by atoms with Crippen LogP contribution < -0.4 is 11.1 Å². The first kappa shape index (κ1) is 12.5. The molecular weight excluding hydrogens is 192 g/mol. The number of aliphatic hydroxyl groups excluding tert-OH is 1. The Morgan fingerprint density at radius 3 is 2.80 bits per heavy atom. The maximum atomic E-state index is 9.31. The molecule has 1 aliphatic rings. The largest absolute Gasteiger partial charge is 0.405 e. The molecule has 1 atom stereocenters. The second-order valence-corrected chi connectivity index (χ2v) is 3.98. The Hall–Kier alpha value is -0.580. The molecule has 4 N–H and O–H groups in total. The molecule has 0 aromatic carbocycles. The van der Waals surface area contributed by atoms with Gasteiger partial charge in [0.25, 0.3) is 0 Å². The summed E-state index contributed by atoms with van der Waals surface area (Å²) >= 11 is 0. The van der Waals surface area contributed by atoms with E-state index in [4.69, 9.17) is 10.5 Å². The molecule has 0 bridgehead atoms. The standard InChI is InChI=1S/C11H22N2O2/c1-2-15-11(14)13-8-10-5-3-9(7-12)4-6-10/h7,10-11,13-14H,2-6,8,12H2,1H3. The number of hydrogen-bond acceptors (Lipinski definition) is 4. The third kappa shape index (κ3) is 4.64. The Kier molecular flexibility index (Phi) is 5.68. The van der Waals surface area contributed by atoms with Gasteiger partial charge in [-0.1, -0.05) is 5.57 Å². The topological polar surface area (TPSA) is 67.5 Å². The average molecular weight is 214 g/mol. The molecule has 0 radical (unpaired) electrons. The van der Waals surface area contributed by atoms with E-state index in [0.717, 1.165) is 32.2 Å². The molecule has 15 heavy (non-hydrogen) atoms. The van der Waals surface area contributed by atoms with Crippen LogP contribution in [0, 0.1) is 5.92 Å². The zero-order valence-electron chi connectivity index (χ0n) is 9.41. The van der Waals surface area contributed by atoms with Crippen molar-refractivity contribution in [3.63, 3.8) is 0 Å². The molecule has 1 unspecified atom stereocenters. The third-order valence-electron chi connectivity index (χ3n) is 2.89. The van der Waals surface area contributed by atoms with Crippen LogP contribution in [0.3, 0.4) is 0 Å². The number of ether oxygens (including phenoxy) is 1. The van der Waals surface area contributed by atoms with Crippen molar-refractivity contribution in [1.82, 2.24) is 5.32 Å². The predicted octanol–water partition coefficient (Wildman–Crippen LogP) is 0.921. The summed E-state index contributed by atoms with van der Waals surface area (Å²) < 4.78 is 4.99. The van der Waals surface area contributed by atoms with Crippen LogP contribution in [0.5, 0.6) is 0 Å². The fraction of sp³-hybridized carbons (Fsp3) is 0.818. The van der Waals surface area contributed by atoms with Crippen molar-refractivity contribution in [2.24, 2.45) is 11.7 Å². The van der Waals surface area contributed by atoms with Crippen LogP contribution in [0.25, 0.3) is 0 Å². The molecule has 0 heterocycles. The SMILES string of the molecule is CCOC(O)NCC1CCC(=CN)CC1. The molecule has 0 aliphatic heterocycles. The van der Waals surface area contributed by atoms with Gasteiger partial charge in [0.15, 0.2) is 0 Å². The number of nitrogens with two attached hydrogens (primary N) is 1. The molecule has 0 aromatic rings. The monoisotopic (exact) mass is 214 g/mol. The van der Waals surface area contributed by atoms with Crippen molar-refractivity contribution in [1.29, 1.82) is 0 Å². The van der Waals surface area contributed by atoms with Crippen molar-refractivity contribution in [2.45, 2.75) is 39.0 Å². The van der Waals surface area contributed by atoms with E-state index in [-0.39, 0.29) is 0 Å². The van der Waals surface area contributed by atoms with Crippen molar-refractivity contribution in [2.75, 3.05) is 13.2 Å². The van der Waals surface area contributed by atoms with Crippen LogP contribution in [0.4, 0.5) is 0 Å². The Labute approximate surface area is 91.5 Å². The van der Waals surface area contributed by atoms with Gasteiger partial charge in [-0.05, 0) is 44.7 Å². The first-order chi connectivity index (χ1) is 7.26. The second-order valence-electron chi connectivity index (χ2n) is 3.98. The summed E-state index contributed by atoms with van der Waals surface area (Å²) in [5.41, 5.74) is 6.83. The number of aliphatic hydroxyl groups is 1. The van der Waals surface area contributed by atoms with Crippen LogP contribution in [-0.2, 0) is 4.74 Å². The van der Waals surface area contributed by atoms with E-state index in [2.05, 4.69) is 5.32 Å². The molecule has 0 saturated heterocycles. The van der Waals surface area contributed by atoms with Gasteiger partial charge >= 0.3 is 0 Å². The minimum atomic E-state index is -0.818. The lowest BCUT2D eigenvalue weighted by Crippen LogP contribution is -2.36. The highest BCUT2D eigenvalue weighted by molar-refractivity contribution is 5.03. The van der Waals surface area contributed by atoms with Gasteiger partial charge in [0.1, 0.15) is 0 Å². The van der Waals surface area contributed by atoms with E-state index in [9.17, 15) is 5.11 Å². The van der Waals surface area contributed by atoms with Crippen LogP contribution in [-0.4, -0.2) is 24.7 Å². The molecule has 88 valence electrons. The maximum Gasteiger partial charge on any atom is 0.213 e. The van der Waals surface area contributed by atoms with Gasteiger partial charge in [-0.15, -0.1) is 0 Å². The predicted molar refractivity (Wildman–Crippen MR) is 59.9 cm³/mol. The lowest BCUT2D eigenvalue weighted by atomic mass is 9.86. The molecule has 0 aromatic heterocycles. The van der Waals surface area contributed by atoms with Crippen molar-refractivity contribution in [3.8, 4) is 0 Å². The minimum Gasteiger partial charge on any atom is -0.405 e. The highest BCUT2D eigenvalue weighted by Gasteiger charge is 2.16. The van der Waals surface area contributed by atoms with E-state index >= 15 is 0 Å². The fourth-order valence-electron chi connectivity index (χ4n) is 1.90. The molecule has 0 amide bonds. The number of allylic oxidation sites excluding steroid dienone is 1. The van der Waals surface area contributed by atoms with Crippen LogP contribution in [0.15, 0.2) is 11.8 Å². The fourth-order valence-corrected chi connectivity index (χ4v) is 1.90. The molecule has 1 rings (SSSR count). The zero-order valence-corrected chi connectivity index (χ0v) is 9.41. The first-order valence-electron chi connectivity index (χ1n) is 5.69. The lowest BCUT2D eigenvalue weighted by molar-refractivity contribution is -0.117.